The molecule has 0 bridgehead atoms. The first kappa shape index (κ1) is 79.1. The number of esters is 3. The van der Waals surface area contributed by atoms with Crippen LogP contribution >= 0.6 is 0 Å². The Bertz CT molecular complexity index is 1660. The van der Waals surface area contributed by atoms with Crippen molar-refractivity contribution in [3.8, 4) is 0 Å². The van der Waals surface area contributed by atoms with Gasteiger partial charge in [0.1, 0.15) is 13.2 Å². The van der Waals surface area contributed by atoms with Crippen molar-refractivity contribution in [1.29, 1.82) is 0 Å². The van der Waals surface area contributed by atoms with Crippen LogP contribution in [0.3, 0.4) is 0 Å². The van der Waals surface area contributed by atoms with E-state index in [0.29, 0.717) is 19.3 Å². The van der Waals surface area contributed by atoms with Crippen LogP contribution in [0, 0.1) is 0 Å². The highest BCUT2D eigenvalue weighted by atomic mass is 16.6. The number of hydrogen-bond donors (Lipinski definition) is 0. The molecule has 0 N–H and O–H groups in total. The van der Waals surface area contributed by atoms with Crippen molar-refractivity contribution in [2.45, 2.75) is 348 Å². The molecule has 6 heteroatoms. The van der Waals surface area contributed by atoms with Crippen molar-refractivity contribution >= 4 is 17.9 Å². The van der Waals surface area contributed by atoms with Crippen LogP contribution in [0.1, 0.15) is 342 Å². The minimum atomic E-state index is -0.788. The van der Waals surface area contributed by atoms with Gasteiger partial charge < -0.3 is 14.2 Å². The van der Waals surface area contributed by atoms with Gasteiger partial charge in [-0.15, -0.1) is 0 Å². The van der Waals surface area contributed by atoms with Crippen LogP contribution in [0.5, 0.6) is 0 Å². The standard InChI is InChI=1S/C77H132O6/c1-4-7-10-13-16-19-22-25-27-29-31-33-35-36-37-38-39-40-42-43-45-47-49-52-55-58-61-64-67-70-76(79)82-73-74(72-81-75(78)69-66-63-60-57-54-51-24-21-18-15-12-9-6-3)83-77(80)71-68-65-62-59-56-53-50-48-46-44-41-34-32-30-28-26-23-20-17-14-11-8-5-2/h7,10,12,15-16,19,21,23-27,30-33,36-37,74H,4-6,8-9,11,13-14,17-18,20,22,28-29,34-35,38-73H2,1-3H3/b10-7-,15-12-,19-16-,24-21-,26-23-,27-25-,32-30-,33-31-,37-36-. The molecule has 0 aromatic heterocycles. The van der Waals surface area contributed by atoms with E-state index in [2.05, 4.69) is 130 Å². The summed E-state index contributed by atoms with van der Waals surface area (Å²) in [4.78, 5) is 38.4. The number of allylic oxidation sites excluding steroid dienone is 18. The van der Waals surface area contributed by atoms with Gasteiger partial charge in [0.2, 0.25) is 0 Å². The second kappa shape index (κ2) is 70.6. The van der Waals surface area contributed by atoms with Crippen molar-refractivity contribution in [3.05, 3.63) is 109 Å². The average Bonchev–Trinajstić information content (AvgIpc) is 3.49. The third-order valence-corrected chi connectivity index (χ3v) is 15.2. The molecule has 0 aliphatic heterocycles. The van der Waals surface area contributed by atoms with Gasteiger partial charge in [0, 0.05) is 19.3 Å². The van der Waals surface area contributed by atoms with Crippen LogP contribution in [0.15, 0.2) is 109 Å². The van der Waals surface area contributed by atoms with Crippen LogP contribution < -0.4 is 0 Å². The fourth-order valence-corrected chi connectivity index (χ4v) is 9.95. The van der Waals surface area contributed by atoms with Crippen LogP contribution in [0.4, 0.5) is 0 Å². The van der Waals surface area contributed by atoms with E-state index in [1.165, 1.54) is 173 Å². The second-order valence-electron chi connectivity index (χ2n) is 23.4. The number of unbranched alkanes of at least 4 members (excludes halogenated alkanes) is 35. The van der Waals surface area contributed by atoms with Crippen LogP contribution in [-0.4, -0.2) is 37.2 Å². The fraction of sp³-hybridized carbons (Fsp3) is 0.727. The zero-order valence-electron chi connectivity index (χ0n) is 54.7. The first-order valence-corrected chi connectivity index (χ1v) is 35.4. The molecule has 0 aromatic rings. The summed E-state index contributed by atoms with van der Waals surface area (Å²) in [7, 11) is 0. The van der Waals surface area contributed by atoms with Gasteiger partial charge in [-0.2, -0.15) is 0 Å². The third-order valence-electron chi connectivity index (χ3n) is 15.2. The molecule has 0 aromatic carbocycles. The van der Waals surface area contributed by atoms with E-state index in [4.69, 9.17) is 14.2 Å². The summed E-state index contributed by atoms with van der Waals surface area (Å²) in [5.74, 6) is -0.887. The first-order valence-electron chi connectivity index (χ1n) is 35.4. The predicted molar refractivity (Wildman–Crippen MR) is 362 cm³/mol. The van der Waals surface area contributed by atoms with E-state index in [1.807, 2.05) is 0 Å². The predicted octanol–water partition coefficient (Wildman–Crippen LogP) is 24.6. The Morgan fingerprint density at radius 1 is 0.253 bits per heavy atom. The van der Waals surface area contributed by atoms with Crippen molar-refractivity contribution in [3.63, 3.8) is 0 Å². The molecule has 0 rings (SSSR count). The zero-order valence-corrected chi connectivity index (χ0v) is 54.7. The SMILES string of the molecule is CC/C=C\C/C=C\C/C=C\C/C=C\C/C=C\CCCCCCCCCCCCCCCC(=O)OCC(COC(=O)CCCCCCC/C=C\C/C=C\CCC)OC(=O)CCCCCCCCCCCCC/C=C\C/C=C\CCCCCCC. The van der Waals surface area contributed by atoms with Gasteiger partial charge in [-0.1, -0.05) is 310 Å². The Kier molecular flexibility index (Phi) is 67.2. The Morgan fingerprint density at radius 2 is 0.494 bits per heavy atom. The van der Waals surface area contributed by atoms with Crippen molar-refractivity contribution in [2.75, 3.05) is 13.2 Å². The maximum absolute atomic E-state index is 13.0. The Labute approximate surface area is 514 Å². The van der Waals surface area contributed by atoms with Gasteiger partial charge in [0.05, 0.1) is 0 Å². The van der Waals surface area contributed by atoms with Crippen LogP contribution in [0.25, 0.3) is 0 Å². The maximum Gasteiger partial charge on any atom is 0.306 e. The lowest BCUT2D eigenvalue weighted by Crippen LogP contribution is -2.30. The molecule has 0 radical (unpaired) electrons. The van der Waals surface area contributed by atoms with Gasteiger partial charge in [-0.25, -0.2) is 0 Å². The fourth-order valence-electron chi connectivity index (χ4n) is 9.95. The summed E-state index contributed by atoms with van der Waals surface area (Å²) in [6.07, 6.45) is 96.8. The highest BCUT2D eigenvalue weighted by molar-refractivity contribution is 5.71. The normalized spacial score (nSPS) is 12.8. The molecule has 0 heterocycles. The van der Waals surface area contributed by atoms with Gasteiger partial charge in [0.15, 0.2) is 6.10 Å². The summed E-state index contributed by atoms with van der Waals surface area (Å²) in [6, 6.07) is 0. The lowest BCUT2D eigenvalue weighted by molar-refractivity contribution is -0.167. The minimum Gasteiger partial charge on any atom is -0.462 e. The van der Waals surface area contributed by atoms with E-state index in [1.54, 1.807) is 0 Å². The molecule has 6 nitrogen and oxygen atoms in total. The Balaban J connectivity index is 4.27. The molecule has 1 unspecified atom stereocenters. The summed E-state index contributed by atoms with van der Waals surface area (Å²) in [5, 5.41) is 0. The summed E-state index contributed by atoms with van der Waals surface area (Å²) in [6.45, 7) is 6.47. The lowest BCUT2D eigenvalue weighted by atomic mass is 10.0. The summed E-state index contributed by atoms with van der Waals surface area (Å²) in [5.41, 5.74) is 0. The highest BCUT2D eigenvalue weighted by Crippen LogP contribution is 2.17. The number of carbonyl (C=O) groups excluding carboxylic acids is 3. The quantitative estimate of drug-likeness (QED) is 0.0261. The lowest BCUT2D eigenvalue weighted by Gasteiger charge is -2.18. The summed E-state index contributed by atoms with van der Waals surface area (Å²) < 4.78 is 17.0. The molecular formula is C77H132O6. The number of hydrogen-bond acceptors (Lipinski definition) is 6. The average molecular weight is 1150 g/mol. The molecule has 0 fully saturated rings. The largest absolute Gasteiger partial charge is 0.462 e. The maximum atomic E-state index is 13.0. The molecule has 0 aliphatic rings. The third kappa shape index (κ3) is 68.7. The smallest absolute Gasteiger partial charge is 0.306 e. The second-order valence-corrected chi connectivity index (χ2v) is 23.4. The van der Waals surface area contributed by atoms with E-state index >= 15 is 0 Å². The van der Waals surface area contributed by atoms with Gasteiger partial charge in [0.25, 0.3) is 0 Å². The van der Waals surface area contributed by atoms with Gasteiger partial charge in [-0.3, -0.25) is 14.4 Å². The van der Waals surface area contributed by atoms with E-state index in [-0.39, 0.29) is 31.1 Å². The van der Waals surface area contributed by atoms with Crippen LogP contribution in [-0.2, 0) is 28.6 Å². The van der Waals surface area contributed by atoms with E-state index in [0.717, 1.165) is 128 Å². The molecule has 0 spiro atoms. The van der Waals surface area contributed by atoms with E-state index < -0.39 is 6.10 Å². The van der Waals surface area contributed by atoms with Crippen LogP contribution in [0.2, 0.25) is 0 Å². The number of ether oxygens (including phenoxy) is 3. The van der Waals surface area contributed by atoms with Gasteiger partial charge >= 0.3 is 17.9 Å². The molecule has 0 aliphatic carbocycles. The zero-order chi connectivity index (χ0) is 59.9. The molecule has 0 amide bonds. The summed E-state index contributed by atoms with van der Waals surface area (Å²) >= 11 is 0. The minimum absolute atomic E-state index is 0.0826. The van der Waals surface area contributed by atoms with Crippen molar-refractivity contribution < 1.29 is 28.6 Å². The number of carbonyl (C=O) groups is 3. The van der Waals surface area contributed by atoms with E-state index in [9.17, 15) is 14.4 Å². The molecule has 0 saturated carbocycles. The Hall–Kier alpha value is -3.93. The number of rotatable bonds is 64. The molecule has 83 heavy (non-hydrogen) atoms. The van der Waals surface area contributed by atoms with Crippen molar-refractivity contribution in [2.24, 2.45) is 0 Å². The topological polar surface area (TPSA) is 78.9 Å². The molecule has 476 valence electrons. The highest BCUT2D eigenvalue weighted by Gasteiger charge is 2.19. The monoisotopic (exact) mass is 1150 g/mol. The molecular weight excluding hydrogens is 1020 g/mol. The molecule has 0 saturated heterocycles. The molecule has 1 atom stereocenters. The Morgan fingerprint density at radius 3 is 0.783 bits per heavy atom. The first-order chi connectivity index (χ1) is 41.0. The van der Waals surface area contributed by atoms with Gasteiger partial charge in [-0.05, 0) is 122 Å². The van der Waals surface area contributed by atoms with Crippen molar-refractivity contribution in [1.82, 2.24) is 0 Å².